The summed E-state index contributed by atoms with van der Waals surface area (Å²) in [5.74, 6) is 0. The Morgan fingerprint density at radius 1 is 1.00 bits per heavy atom. The highest BCUT2D eigenvalue weighted by Crippen LogP contribution is 2.22. The molecule has 0 aliphatic carbocycles. The number of rotatable bonds is 5. The van der Waals surface area contributed by atoms with Crippen LogP contribution in [0.4, 0.5) is 5.69 Å². The Morgan fingerprint density at radius 2 is 1.57 bits per heavy atom. The summed E-state index contributed by atoms with van der Waals surface area (Å²) in [6.07, 6.45) is 0.522. The summed E-state index contributed by atoms with van der Waals surface area (Å²) in [4.78, 5) is 0.243. The van der Waals surface area contributed by atoms with Crippen molar-refractivity contribution in [3.8, 4) is 0 Å². The molecule has 112 valence electrons. The second-order valence-corrected chi connectivity index (χ2v) is 6.89. The van der Waals surface area contributed by atoms with Gasteiger partial charge in [0.2, 0.25) is 0 Å². The van der Waals surface area contributed by atoms with Crippen molar-refractivity contribution in [3.63, 3.8) is 0 Å². The van der Waals surface area contributed by atoms with Crippen LogP contribution < -0.4 is 4.31 Å². The number of hydrogen-bond acceptors (Lipinski definition) is 3. The highest BCUT2D eigenvalue weighted by molar-refractivity contribution is 7.92. The molecule has 2 aromatic rings. The van der Waals surface area contributed by atoms with Gasteiger partial charge in [0, 0.05) is 13.7 Å². The van der Waals surface area contributed by atoms with Crippen LogP contribution in [0.5, 0.6) is 0 Å². The van der Waals surface area contributed by atoms with Gasteiger partial charge in [-0.25, -0.2) is 8.42 Å². The third kappa shape index (κ3) is 3.43. The van der Waals surface area contributed by atoms with Crippen molar-refractivity contribution < 1.29 is 13.5 Å². The summed E-state index contributed by atoms with van der Waals surface area (Å²) >= 11 is 0. The topological polar surface area (TPSA) is 57.6 Å². The molecule has 0 atom stereocenters. The first kappa shape index (κ1) is 15.5. The average Bonchev–Trinajstić information content (AvgIpc) is 2.48. The summed E-state index contributed by atoms with van der Waals surface area (Å²) in [6, 6.07) is 13.9. The predicted molar refractivity (Wildman–Crippen MR) is 84.0 cm³/mol. The van der Waals surface area contributed by atoms with Gasteiger partial charge in [-0.2, -0.15) is 0 Å². The molecular weight excluding hydrogens is 286 g/mol. The van der Waals surface area contributed by atoms with Crippen LogP contribution in [0.3, 0.4) is 0 Å². The van der Waals surface area contributed by atoms with Gasteiger partial charge >= 0.3 is 0 Å². The van der Waals surface area contributed by atoms with Crippen LogP contribution in [0.15, 0.2) is 53.4 Å². The van der Waals surface area contributed by atoms with Crippen LogP contribution in [-0.2, 0) is 16.4 Å². The molecule has 0 spiro atoms. The molecule has 4 nitrogen and oxygen atoms in total. The van der Waals surface area contributed by atoms with E-state index in [1.54, 1.807) is 43.4 Å². The first-order valence-electron chi connectivity index (χ1n) is 6.70. The largest absolute Gasteiger partial charge is 0.396 e. The molecule has 2 rings (SSSR count). The van der Waals surface area contributed by atoms with Crippen molar-refractivity contribution in [2.45, 2.75) is 18.2 Å². The molecule has 0 amide bonds. The lowest BCUT2D eigenvalue weighted by atomic mass is 10.2. The minimum atomic E-state index is -3.57. The van der Waals surface area contributed by atoms with E-state index in [1.165, 1.54) is 4.31 Å². The van der Waals surface area contributed by atoms with E-state index in [-0.39, 0.29) is 11.5 Å². The van der Waals surface area contributed by atoms with Crippen molar-refractivity contribution in [2.24, 2.45) is 0 Å². The number of hydrogen-bond donors (Lipinski definition) is 1. The Kier molecular flexibility index (Phi) is 4.65. The number of aryl methyl sites for hydroxylation is 1. The molecule has 0 fully saturated rings. The van der Waals surface area contributed by atoms with Crippen molar-refractivity contribution in [1.29, 1.82) is 0 Å². The van der Waals surface area contributed by atoms with E-state index in [0.29, 0.717) is 12.1 Å². The summed E-state index contributed by atoms with van der Waals surface area (Å²) in [7, 11) is -2.02. The Labute approximate surface area is 125 Å². The van der Waals surface area contributed by atoms with Gasteiger partial charge in [-0.3, -0.25) is 4.31 Å². The normalized spacial score (nSPS) is 11.4. The van der Waals surface area contributed by atoms with Crippen LogP contribution in [-0.4, -0.2) is 27.2 Å². The summed E-state index contributed by atoms with van der Waals surface area (Å²) in [6.45, 7) is 2.01. The Balaban J connectivity index is 2.30. The minimum Gasteiger partial charge on any atom is -0.396 e. The maximum Gasteiger partial charge on any atom is 0.264 e. The first-order chi connectivity index (χ1) is 9.95. The molecule has 2 aromatic carbocycles. The molecule has 0 bridgehead atoms. The molecule has 1 N–H and O–H groups in total. The summed E-state index contributed by atoms with van der Waals surface area (Å²) in [5.41, 5.74) is 2.62. The number of anilines is 1. The fourth-order valence-electron chi connectivity index (χ4n) is 2.01. The van der Waals surface area contributed by atoms with Gasteiger partial charge in [-0.1, -0.05) is 29.8 Å². The van der Waals surface area contributed by atoms with Crippen LogP contribution >= 0.6 is 0 Å². The molecule has 0 radical (unpaired) electrons. The highest BCUT2D eigenvalue weighted by Gasteiger charge is 2.20. The smallest absolute Gasteiger partial charge is 0.264 e. The Morgan fingerprint density at radius 3 is 2.10 bits per heavy atom. The van der Waals surface area contributed by atoms with E-state index in [9.17, 15) is 8.42 Å². The first-order valence-corrected chi connectivity index (χ1v) is 8.14. The SMILES string of the molecule is Cc1ccc(N(C)S(=O)(=O)c2ccc(CCO)cc2)cc1. The average molecular weight is 305 g/mol. The molecule has 0 unspecified atom stereocenters. The van der Waals surface area contributed by atoms with Crippen molar-refractivity contribution in [1.82, 2.24) is 0 Å². The number of benzene rings is 2. The molecular formula is C16H19NO3S. The zero-order valence-corrected chi connectivity index (χ0v) is 13.0. The van der Waals surface area contributed by atoms with Gasteiger partial charge in [-0.15, -0.1) is 0 Å². The van der Waals surface area contributed by atoms with Crippen molar-refractivity contribution in [2.75, 3.05) is 18.0 Å². The van der Waals surface area contributed by atoms with E-state index in [4.69, 9.17) is 5.11 Å². The maximum absolute atomic E-state index is 12.6. The van der Waals surface area contributed by atoms with E-state index in [0.717, 1.165) is 11.1 Å². The van der Waals surface area contributed by atoms with Crippen LogP contribution in [0, 0.1) is 6.92 Å². The van der Waals surface area contributed by atoms with Gasteiger partial charge in [0.05, 0.1) is 10.6 Å². The van der Waals surface area contributed by atoms with Crippen LogP contribution in [0.1, 0.15) is 11.1 Å². The van der Waals surface area contributed by atoms with Crippen molar-refractivity contribution in [3.05, 3.63) is 59.7 Å². The molecule has 0 aliphatic rings. The lowest BCUT2D eigenvalue weighted by Crippen LogP contribution is -2.26. The third-order valence-electron chi connectivity index (χ3n) is 3.38. The van der Waals surface area contributed by atoms with E-state index < -0.39 is 10.0 Å². The molecule has 0 saturated carbocycles. The number of aliphatic hydroxyl groups excluding tert-OH is 1. The fourth-order valence-corrected chi connectivity index (χ4v) is 3.20. The van der Waals surface area contributed by atoms with Gasteiger partial charge in [0.1, 0.15) is 0 Å². The van der Waals surface area contributed by atoms with E-state index in [2.05, 4.69) is 0 Å². The summed E-state index contributed by atoms with van der Waals surface area (Å²) in [5, 5.41) is 8.88. The molecule has 0 aliphatic heterocycles. The van der Waals surface area contributed by atoms with Crippen LogP contribution in [0.2, 0.25) is 0 Å². The second-order valence-electron chi connectivity index (χ2n) is 4.93. The lowest BCUT2D eigenvalue weighted by molar-refractivity contribution is 0.299. The maximum atomic E-state index is 12.6. The Hall–Kier alpha value is -1.85. The van der Waals surface area contributed by atoms with E-state index >= 15 is 0 Å². The fraction of sp³-hybridized carbons (Fsp3) is 0.250. The number of sulfonamides is 1. The molecule has 0 aromatic heterocycles. The van der Waals surface area contributed by atoms with Gasteiger partial charge < -0.3 is 5.11 Å². The number of aliphatic hydroxyl groups is 1. The summed E-state index contributed by atoms with van der Waals surface area (Å²) < 4.78 is 26.4. The zero-order chi connectivity index (χ0) is 15.5. The predicted octanol–water partition coefficient (Wildman–Crippen LogP) is 2.35. The number of nitrogens with zero attached hydrogens (tertiary/aromatic N) is 1. The van der Waals surface area contributed by atoms with Gasteiger partial charge in [0.15, 0.2) is 0 Å². The van der Waals surface area contributed by atoms with Gasteiger partial charge in [-0.05, 0) is 43.2 Å². The zero-order valence-electron chi connectivity index (χ0n) is 12.2. The minimum absolute atomic E-state index is 0.0510. The van der Waals surface area contributed by atoms with Crippen LogP contribution in [0.25, 0.3) is 0 Å². The van der Waals surface area contributed by atoms with Gasteiger partial charge in [0.25, 0.3) is 10.0 Å². The molecule has 0 heterocycles. The Bertz CT molecular complexity index is 691. The third-order valence-corrected chi connectivity index (χ3v) is 5.18. The highest BCUT2D eigenvalue weighted by atomic mass is 32.2. The second kappa shape index (κ2) is 6.28. The lowest BCUT2D eigenvalue weighted by Gasteiger charge is -2.19. The quantitative estimate of drug-likeness (QED) is 0.922. The standard InChI is InChI=1S/C16H19NO3S/c1-13-3-7-15(8-4-13)17(2)21(19,20)16-9-5-14(6-10-16)11-12-18/h3-10,18H,11-12H2,1-2H3. The monoisotopic (exact) mass is 305 g/mol. The van der Waals surface area contributed by atoms with E-state index in [1.807, 2.05) is 19.1 Å². The van der Waals surface area contributed by atoms with Crippen molar-refractivity contribution >= 4 is 15.7 Å². The molecule has 5 heteroatoms. The molecule has 0 saturated heterocycles. The molecule has 21 heavy (non-hydrogen) atoms.